The van der Waals surface area contributed by atoms with Gasteiger partial charge in [-0.25, -0.2) is 24.8 Å². The molecule has 9 aromatic carbocycles. The van der Waals surface area contributed by atoms with Crippen molar-refractivity contribution >= 4 is 27.5 Å². The summed E-state index contributed by atoms with van der Waals surface area (Å²) in [6.07, 6.45) is 0. The average molecular weight is 931 g/mol. The molecule has 0 N–H and O–H groups in total. The Bertz CT molecular complexity index is 3840. The lowest BCUT2D eigenvalue weighted by Gasteiger charge is -2.21. The molecule has 338 valence electrons. The predicted octanol–water partition coefficient (Wildman–Crippen LogP) is 16.0. The second-order valence-corrected chi connectivity index (χ2v) is 17.6. The van der Waals surface area contributed by atoms with Crippen molar-refractivity contribution in [3.8, 4) is 108 Å². The molecule has 3 aromatic heterocycles. The Labute approximate surface area is 421 Å². The lowest BCUT2D eigenvalue weighted by atomic mass is 9.95. The van der Waals surface area contributed by atoms with Crippen molar-refractivity contribution in [2.45, 2.75) is 0 Å². The van der Waals surface area contributed by atoms with Crippen LogP contribution in [0.3, 0.4) is 0 Å². The van der Waals surface area contributed by atoms with Gasteiger partial charge in [-0.2, -0.15) is 10.5 Å². The first kappa shape index (κ1) is 43.7. The van der Waals surface area contributed by atoms with E-state index in [2.05, 4.69) is 57.9 Å². The third kappa shape index (κ3) is 8.32. The molecule has 3 heterocycles. The minimum Gasteiger partial charge on any atom is -0.308 e. The van der Waals surface area contributed by atoms with E-state index in [1.807, 2.05) is 194 Å². The van der Waals surface area contributed by atoms with Crippen LogP contribution >= 0.6 is 0 Å². The molecule has 0 aliphatic rings. The van der Waals surface area contributed by atoms with Crippen LogP contribution in [0.25, 0.3) is 122 Å². The first-order valence-corrected chi connectivity index (χ1v) is 23.7. The molecule has 12 rings (SSSR count). The van der Waals surface area contributed by atoms with Crippen LogP contribution in [-0.4, -0.2) is 24.5 Å². The minimum absolute atomic E-state index is 0.405. The standard InChI is InChI=1S/C65H38N8/c1-68-52-27-15-26-49(35-52)51-29-31-54-53-30-28-50(48-25-14-16-42(32-48)40-66)36-61(53)73(62(54)37-51)63-55(59-38-57(44-17-6-2-7-18-44)69-64(71-59)46-21-10-4-11-22-46)33-43(41-67)34-56(63)60-39-58(45-19-8-3-9-20-45)70-65(72-60)47-23-12-5-13-24-47/h2-39H. The van der Waals surface area contributed by atoms with E-state index in [0.29, 0.717) is 62.4 Å². The van der Waals surface area contributed by atoms with Gasteiger partial charge in [0, 0.05) is 44.2 Å². The van der Waals surface area contributed by atoms with Gasteiger partial charge in [-0.05, 0) is 76.9 Å². The smallest absolute Gasteiger partial charge is 0.187 e. The van der Waals surface area contributed by atoms with E-state index < -0.39 is 0 Å². The highest BCUT2D eigenvalue weighted by Crippen LogP contribution is 2.45. The van der Waals surface area contributed by atoms with Gasteiger partial charge in [-0.15, -0.1) is 0 Å². The molecule has 0 fully saturated rings. The third-order valence-corrected chi connectivity index (χ3v) is 13.1. The molecule has 12 aromatic rings. The van der Waals surface area contributed by atoms with Gasteiger partial charge in [0.25, 0.3) is 0 Å². The fourth-order valence-electron chi connectivity index (χ4n) is 9.59. The quantitative estimate of drug-likeness (QED) is 0.133. The Kier molecular flexibility index (Phi) is 11.2. The van der Waals surface area contributed by atoms with Gasteiger partial charge in [0.05, 0.1) is 69.3 Å². The number of nitriles is 2. The molecule has 0 aliphatic carbocycles. The minimum atomic E-state index is 0.405. The molecule has 0 radical (unpaired) electrons. The molecule has 8 heteroatoms. The molecule has 0 unspecified atom stereocenters. The number of hydrogen-bond acceptors (Lipinski definition) is 6. The van der Waals surface area contributed by atoms with E-state index in [0.717, 1.165) is 72.0 Å². The second kappa shape index (κ2) is 18.7. The summed E-state index contributed by atoms with van der Waals surface area (Å²) in [4.78, 5) is 24.9. The number of hydrogen-bond donors (Lipinski definition) is 0. The summed E-state index contributed by atoms with van der Waals surface area (Å²) in [6, 6.07) is 80.8. The Morgan fingerprint density at radius 1 is 0.356 bits per heavy atom. The number of benzene rings is 9. The topological polar surface area (TPSA) is 108 Å². The van der Waals surface area contributed by atoms with Crippen molar-refractivity contribution in [3.05, 3.63) is 253 Å². The highest BCUT2D eigenvalue weighted by molar-refractivity contribution is 6.12. The van der Waals surface area contributed by atoms with Crippen LogP contribution in [0.5, 0.6) is 0 Å². The van der Waals surface area contributed by atoms with E-state index >= 15 is 0 Å². The number of nitrogens with zero attached hydrogens (tertiary/aromatic N) is 8. The molecule has 0 saturated carbocycles. The van der Waals surface area contributed by atoms with Crippen LogP contribution in [0.2, 0.25) is 0 Å². The Morgan fingerprint density at radius 3 is 1.23 bits per heavy atom. The third-order valence-electron chi connectivity index (χ3n) is 13.1. The fraction of sp³-hybridized carbons (Fsp3) is 0. The SMILES string of the molecule is [C-]#[N+]c1cccc(-c2ccc3c4ccc(-c5cccc(C#N)c5)cc4n(-c4c(-c5cc(-c6ccccc6)nc(-c6ccccc6)n5)cc(C#N)cc4-c4cc(-c5ccccc5)nc(-c5ccccc5)n4)c3c2)c1. The van der Waals surface area contributed by atoms with Gasteiger partial charge >= 0.3 is 0 Å². The molecule has 0 aliphatic heterocycles. The molecule has 73 heavy (non-hydrogen) atoms. The maximum absolute atomic E-state index is 11.1. The second-order valence-electron chi connectivity index (χ2n) is 17.6. The zero-order valence-corrected chi connectivity index (χ0v) is 39.0. The summed E-state index contributed by atoms with van der Waals surface area (Å²) >= 11 is 0. The van der Waals surface area contributed by atoms with Gasteiger partial charge in [0.15, 0.2) is 17.3 Å². The van der Waals surface area contributed by atoms with Crippen LogP contribution < -0.4 is 0 Å². The zero-order chi connectivity index (χ0) is 49.3. The van der Waals surface area contributed by atoms with Crippen molar-refractivity contribution < 1.29 is 0 Å². The van der Waals surface area contributed by atoms with Gasteiger partial charge in [-0.3, -0.25) is 0 Å². The normalized spacial score (nSPS) is 11.0. The molecule has 0 bridgehead atoms. The summed E-state index contributed by atoms with van der Waals surface area (Å²) in [5, 5.41) is 23.1. The summed E-state index contributed by atoms with van der Waals surface area (Å²) in [6.45, 7) is 7.85. The Hall–Kier alpha value is -10.6. The van der Waals surface area contributed by atoms with E-state index in [9.17, 15) is 10.5 Å². The molecule has 0 spiro atoms. The lowest BCUT2D eigenvalue weighted by Crippen LogP contribution is -2.05. The Balaban J connectivity index is 1.26. The van der Waals surface area contributed by atoms with Crippen molar-refractivity contribution in [1.82, 2.24) is 24.5 Å². The maximum Gasteiger partial charge on any atom is 0.187 e. The molecule has 8 nitrogen and oxygen atoms in total. The summed E-state index contributed by atoms with van der Waals surface area (Å²) < 4.78 is 2.27. The first-order valence-electron chi connectivity index (χ1n) is 23.7. The van der Waals surface area contributed by atoms with Gasteiger partial charge in [-0.1, -0.05) is 176 Å². The van der Waals surface area contributed by atoms with E-state index in [4.69, 9.17) is 26.5 Å². The molecule has 0 amide bonds. The van der Waals surface area contributed by atoms with Crippen LogP contribution in [0, 0.1) is 29.2 Å². The van der Waals surface area contributed by atoms with Crippen molar-refractivity contribution in [1.29, 1.82) is 10.5 Å². The summed E-state index contributed by atoms with van der Waals surface area (Å²) in [5.41, 5.74) is 15.0. The van der Waals surface area contributed by atoms with Gasteiger partial charge in [0.2, 0.25) is 0 Å². The lowest BCUT2D eigenvalue weighted by molar-refractivity contribution is 1.14. The molecular weight excluding hydrogens is 893 g/mol. The molecular formula is C65H38N8. The predicted molar refractivity (Wildman–Crippen MR) is 291 cm³/mol. The van der Waals surface area contributed by atoms with E-state index in [1.165, 1.54) is 0 Å². The van der Waals surface area contributed by atoms with Gasteiger partial charge in [0.1, 0.15) is 0 Å². The van der Waals surface area contributed by atoms with Crippen LogP contribution in [-0.2, 0) is 0 Å². The summed E-state index contributed by atoms with van der Waals surface area (Å²) in [5.74, 6) is 1.05. The first-order chi connectivity index (χ1) is 36.0. The largest absolute Gasteiger partial charge is 0.308 e. The van der Waals surface area contributed by atoms with Crippen LogP contribution in [0.1, 0.15) is 11.1 Å². The monoisotopic (exact) mass is 930 g/mol. The highest BCUT2D eigenvalue weighted by atomic mass is 15.0. The number of rotatable bonds is 9. The summed E-state index contributed by atoms with van der Waals surface area (Å²) in [7, 11) is 0. The Morgan fingerprint density at radius 2 is 0.767 bits per heavy atom. The van der Waals surface area contributed by atoms with Gasteiger partial charge < -0.3 is 4.57 Å². The van der Waals surface area contributed by atoms with Crippen molar-refractivity contribution in [2.75, 3.05) is 0 Å². The molecule has 0 atom stereocenters. The maximum atomic E-state index is 11.1. The van der Waals surface area contributed by atoms with E-state index in [-0.39, 0.29) is 0 Å². The van der Waals surface area contributed by atoms with Crippen molar-refractivity contribution in [2.24, 2.45) is 0 Å². The van der Waals surface area contributed by atoms with Crippen LogP contribution in [0.4, 0.5) is 5.69 Å². The number of aromatic nitrogens is 5. The van der Waals surface area contributed by atoms with E-state index in [1.54, 1.807) is 0 Å². The highest BCUT2D eigenvalue weighted by Gasteiger charge is 2.26. The fourth-order valence-corrected chi connectivity index (χ4v) is 9.59. The number of fused-ring (bicyclic) bond motifs is 3. The zero-order valence-electron chi connectivity index (χ0n) is 39.0. The average Bonchev–Trinajstić information content (AvgIpc) is 3.80. The van der Waals surface area contributed by atoms with Crippen LogP contribution in [0.15, 0.2) is 231 Å². The van der Waals surface area contributed by atoms with Crippen molar-refractivity contribution in [3.63, 3.8) is 0 Å². The molecule has 0 saturated heterocycles.